The molecule has 0 unspecified atom stereocenters. The van der Waals surface area contributed by atoms with Crippen molar-refractivity contribution in [1.82, 2.24) is 10.2 Å². The van der Waals surface area contributed by atoms with E-state index < -0.39 is 0 Å². The Labute approximate surface area is 151 Å². The minimum absolute atomic E-state index is 0.152. The van der Waals surface area contributed by atoms with Crippen LogP contribution < -0.4 is 10.2 Å². The van der Waals surface area contributed by atoms with E-state index in [2.05, 4.69) is 39.4 Å². The fourth-order valence-corrected chi connectivity index (χ4v) is 3.93. The van der Waals surface area contributed by atoms with Crippen LogP contribution in [0, 0.1) is 5.92 Å². The summed E-state index contributed by atoms with van der Waals surface area (Å²) in [5.41, 5.74) is 2.07. The SMILES string of the molecule is CN(C)C1(C(=O)NCc2ccc(N3CCC(CO)CC3)cc2)CCC1. The van der Waals surface area contributed by atoms with E-state index in [1.807, 2.05) is 14.1 Å². The summed E-state index contributed by atoms with van der Waals surface area (Å²) in [6, 6.07) is 8.51. The van der Waals surface area contributed by atoms with Gasteiger partial charge >= 0.3 is 0 Å². The summed E-state index contributed by atoms with van der Waals surface area (Å²) < 4.78 is 0. The van der Waals surface area contributed by atoms with Gasteiger partial charge in [-0.15, -0.1) is 0 Å². The Hall–Kier alpha value is -1.59. The molecule has 1 amide bonds. The zero-order valence-electron chi connectivity index (χ0n) is 15.5. The van der Waals surface area contributed by atoms with Crippen LogP contribution in [-0.4, -0.2) is 55.2 Å². The van der Waals surface area contributed by atoms with Crippen LogP contribution >= 0.6 is 0 Å². The summed E-state index contributed by atoms with van der Waals surface area (Å²) in [6.07, 6.45) is 5.15. The lowest BCUT2D eigenvalue weighted by Gasteiger charge is -2.45. The molecule has 1 saturated carbocycles. The Balaban J connectivity index is 1.52. The van der Waals surface area contributed by atoms with Crippen LogP contribution in [0.2, 0.25) is 0 Å². The zero-order chi connectivity index (χ0) is 17.9. The molecule has 5 heteroatoms. The Bertz CT molecular complexity index is 573. The molecule has 1 aromatic carbocycles. The van der Waals surface area contributed by atoms with E-state index in [-0.39, 0.29) is 11.4 Å². The lowest BCUT2D eigenvalue weighted by Crippen LogP contribution is -2.60. The van der Waals surface area contributed by atoms with E-state index in [1.54, 1.807) is 0 Å². The van der Waals surface area contributed by atoms with Crippen molar-refractivity contribution in [3.8, 4) is 0 Å². The van der Waals surface area contributed by atoms with Crippen LogP contribution in [-0.2, 0) is 11.3 Å². The van der Waals surface area contributed by atoms with Gasteiger partial charge in [0.15, 0.2) is 0 Å². The fraction of sp³-hybridized carbons (Fsp3) is 0.650. The van der Waals surface area contributed by atoms with Crippen LogP contribution in [0.15, 0.2) is 24.3 Å². The standard InChI is InChI=1S/C20H31N3O2/c1-22(2)20(10-3-11-20)19(25)21-14-16-4-6-18(7-5-16)23-12-8-17(15-24)9-13-23/h4-7,17,24H,3,8-15H2,1-2H3,(H,21,25). The number of likely N-dealkylation sites (N-methyl/N-ethyl adjacent to an activating group) is 1. The highest BCUT2D eigenvalue weighted by atomic mass is 16.3. The molecule has 0 aromatic heterocycles. The number of hydrogen-bond acceptors (Lipinski definition) is 4. The number of aliphatic hydroxyl groups excluding tert-OH is 1. The van der Waals surface area contributed by atoms with Crippen molar-refractivity contribution < 1.29 is 9.90 Å². The summed E-state index contributed by atoms with van der Waals surface area (Å²) >= 11 is 0. The summed E-state index contributed by atoms with van der Waals surface area (Å²) in [7, 11) is 3.99. The third kappa shape index (κ3) is 3.82. The third-order valence-corrected chi connectivity index (χ3v) is 6.09. The summed E-state index contributed by atoms with van der Waals surface area (Å²) in [5, 5.41) is 12.4. The average Bonchev–Trinajstić information content (AvgIpc) is 2.59. The maximum absolute atomic E-state index is 12.6. The third-order valence-electron chi connectivity index (χ3n) is 6.09. The second-order valence-corrected chi connectivity index (χ2v) is 7.74. The molecule has 1 aromatic rings. The van der Waals surface area contributed by atoms with E-state index in [0.29, 0.717) is 19.1 Å². The van der Waals surface area contributed by atoms with E-state index in [4.69, 9.17) is 0 Å². The van der Waals surface area contributed by atoms with Gasteiger partial charge in [-0.25, -0.2) is 0 Å². The molecular formula is C20H31N3O2. The minimum atomic E-state index is -0.295. The quantitative estimate of drug-likeness (QED) is 0.828. The maximum Gasteiger partial charge on any atom is 0.240 e. The number of rotatable bonds is 6. The molecule has 2 aliphatic rings. The van der Waals surface area contributed by atoms with Gasteiger partial charge in [-0.1, -0.05) is 12.1 Å². The predicted molar refractivity (Wildman–Crippen MR) is 101 cm³/mol. The van der Waals surface area contributed by atoms with E-state index in [9.17, 15) is 9.90 Å². The molecule has 2 N–H and O–H groups in total. The lowest BCUT2D eigenvalue weighted by atomic mass is 9.75. The Morgan fingerprint density at radius 2 is 1.88 bits per heavy atom. The smallest absolute Gasteiger partial charge is 0.240 e. The molecule has 0 radical (unpaired) electrons. The molecule has 1 heterocycles. The van der Waals surface area contributed by atoms with Crippen molar-refractivity contribution in [2.75, 3.05) is 38.7 Å². The Kier molecular flexibility index (Phi) is 5.64. The number of carbonyl (C=O) groups is 1. The van der Waals surface area contributed by atoms with Crippen LogP contribution in [0.5, 0.6) is 0 Å². The number of anilines is 1. The monoisotopic (exact) mass is 345 g/mol. The van der Waals surface area contributed by atoms with Gasteiger partial charge < -0.3 is 15.3 Å². The van der Waals surface area contributed by atoms with Gasteiger partial charge in [0.1, 0.15) is 0 Å². The first-order valence-corrected chi connectivity index (χ1v) is 9.45. The minimum Gasteiger partial charge on any atom is -0.396 e. The van der Waals surface area contributed by atoms with Crippen molar-refractivity contribution >= 4 is 11.6 Å². The van der Waals surface area contributed by atoms with Crippen LogP contribution in [0.1, 0.15) is 37.7 Å². The van der Waals surface area contributed by atoms with Gasteiger partial charge in [0.25, 0.3) is 0 Å². The average molecular weight is 345 g/mol. The highest BCUT2D eigenvalue weighted by molar-refractivity contribution is 5.87. The van der Waals surface area contributed by atoms with Crippen LogP contribution in [0.3, 0.4) is 0 Å². The second kappa shape index (κ2) is 7.75. The van der Waals surface area contributed by atoms with Crippen LogP contribution in [0.4, 0.5) is 5.69 Å². The number of nitrogens with zero attached hydrogens (tertiary/aromatic N) is 2. The first kappa shape index (κ1) is 18.2. The summed E-state index contributed by atoms with van der Waals surface area (Å²) in [6.45, 7) is 2.90. The van der Waals surface area contributed by atoms with Gasteiger partial charge in [-0.2, -0.15) is 0 Å². The molecule has 1 aliphatic heterocycles. The van der Waals surface area contributed by atoms with Gasteiger partial charge in [-0.05, 0) is 69.8 Å². The van der Waals surface area contributed by atoms with Gasteiger partial charge in [0.05, 0.1) is 5.54 Å². The van der Waals surface area contributed by atoms with Crippen molar-refractivity contribution in [3.63, 3.8) is 0 Å². The molecule has 0 atom stereocenters. The second-order valence-electron chi connectivity index (χ2n) is 7.74. The molecule has 2 fully saturated rings. The first-order valence-electron chi connectivity index (χ1n) is 9.45. The number of benzene rings is 1. The zero-order valence-corrected chi connectivity index (χ0v) is 15.5. The van der Waals surface area contributed by atoms with E-state index in [0.717, 1.165) is 50.8 Å². The van der Waals surface area contributed by atoms with Crippen molar-refractivity contribution in [1.29, 1.82) is 0 Å². The highest BCUT2D eigenvalue weighted by Gasteiger charge is 2.45. The molecule has 138 valence electrons. The topological polar surface area (TPSA) is 55.8 Å². The summed E-state index contributed by atoms with van der Waals surface area (Å²) in [5.74, 6) is 0.611. The van der Waals surface area contributed by atoms with Crippen molar-refractivity contribution in [2.45, 2.75) is 44.2 Å². The lowest BCUT2D eigenvalue weighted by molar-refractivity contribution is -0.137. The van der Waals surface area contributed by atoms with Crippen molar-refractivity contribution in [3.05, 3.63) is 29.8 Å². The highest BCUT2D eigenvalue weighted by Crippen LogP contribution is 2.36. The van der Waals surface area contributed by atoms with Crippen molar-refractivity contribution in [2.24, 2.45) is 5.92 Å². The molecule has 1 saturated heterocycles. The number of amides is 1. The Morgan fingerprint density at radius 3 is 2.36 bits per heavy atom. The fourth-order valence-electron chi connectivity index (χ4n) is 3.93. The maximum atomic E-state index is 12.6. The normalized spacial score (nSPS) is 20.4. The van der Waals surface area contributed by atoms with E-state index in [1.165, 1.54) is 5.69 Å². The number of aliphatic hydroxyl groups is 1. The Morgan fingerprint density at radius 1 is 1.24 bits per heavy atom. The first-order chi connectivity index (χ1) is 12.0. The molecule has 5 nitrogen and oxygen atoms in total. The van der Waals surface area contributed by atoms with Gasteiger partial charge in [-0.3, -0.25) is 9.69 Å². The molecule has 0 bridgehead atoms. The van der Waals surface area contributed by atoms with Gasteiger partial charge in [0, 0.05) is 31.9 Å². The van der Waals surface area contributed by atoms with E-state index >= 15 is 0 Å². The predicted octanol–water partition coefficient (Wildman–Crippen LogP) is 2.00. The number of carbonyl (C=O) groups excluding carboxylic acids is 1. The molecule has 3 rings (SSSR count). The number of hydrogen-bond donors (Lipinski definition) is 2. The molecule has 0 spiro atoms. The van der Waals surface area contributed by atoms with Crippen LogP contribution in [0.25, 0.3) is 0 Å². The largest absolute Gasteiger partial charge is 0.396 e. The summed E-state index contributed by atoms with van der Waals surface area (Å²) in [4.78, 5) is 17.0. The molecular weight excluding hydrogens is 314 g/mol. The van der Waals surface area contributed by atoms with Gasteiger partial charge in [0.2, 0.25) is 5.91 Å². The molecule has 25 heavy (non-hydrogen) atoms. The molecule has 1 aliphatic carbocycles. The number of nitrogens with one attached hydrogen (secondary N) is 1. The number of piperidine rings is 1.